The van der Waals surface area contributed by atoms with Gasteiger partial charge in [-0.1, -0.05) is 22.8 Å². The SMILES string of the molecule is CS(=O)(=O)c1nnc(-c2cccc(Cl)c2)o1. The topological polar surface area (TPSA) is 73.1 Å². The van der Waals surface area contributed by atoms with Gasteiger partial charge >= 0.3 is 5.22 Å². The Labute approximate surface area is 97.0 Å². The second-order valence-corrected chi connectivity index (χ2v) is 5.49. The number of rotatable bonds is 2. The lowest BCUT2D eigenvalue weighted by Crippen LogP contribution is -1.96. The second kappa shape index (κ2) is 3.88. The Hall–Kier alpha value is -1.40. The molecule has 0 unspecified atom stereocenters. The molecule has 16 heavy (non-hydrogen) atoms. The molecule has 0 aliphatic rings. The van der Waals surface area contributed by atoms with Crippen LogP contribution in [0.25, 0.3) is 11.5 Å². The highest BCUT2D eigenvalue weighted by atomic mass is 35.5. The standard InChI is InChI=1S/C9H7ClN2O3S/c1-16(13,14)9-12-11-8(15-9)6-3-2-4-7(10)5-6/h2-5H,1H3. The van der Waals surface area contributed by atoms with Crippen LogP contribution in [-0.2, 0) is 9.84 Å². The highest BCUT2D eigenvalue weighted by Gasteiger charge is 2.17. The Morgan fingerprint density at radius 1 is 1.31 bits per heavy atom. The molecule has 0 saturated heterocycles. The molecule has 0 saturated carbocycles. The molecule has 2 rings (SSSR count). The van der Waals surface area contributed by atoms with Crippen LogP contribution in [-0.4, -0.2) is 24.9 Å². The van der Waals surface area contributed by atoms with E-state index in [1.807, 2.05) is 0 Å². The first-order valence-corrected chi connectivity index (χ1v) is 6.53. The smallest absolute Gasteiger partial charge is 0.335 e. The number of halogens is 1. The normalized spacial score (nSPS) is 11.6. The Morgan fingerprint density at radius 2 is 2.06 bits per heavy atom. The molecule has 0 spiro atoms. The van der Waals surface area contributed by atoms with Crippen molar-refractivity contribution < 1.29 is 12.8 Å². The van der Waals surface area contributed by atoms with Crippen LogP contribution in [0.4, 0.5) is 0 Å². The van der Waals surface area contributed by atoms with Crippen LogP contribution < -0.4 is 0 Å². The van der Waals surface area contributed by atoms with Crippen LogP contribution in [0.2, 0.25) is 5.02 Å². The summed E-state index contributed by atoms with van der Waals surface area (Å²) in [6.07, 6.45) is 1.00. The number of hydrogen-bond donors (Lipinski definition) is 0. The molecule has 5 nitrogen and oxygen atoms in total. The van der Waals surface area contributed by atoms with E-state index < -0.39 is 15.1 Å². The minimum absolute atomic E-state index is 0.128. The number of nitrogens with zero attached hydrogens (tertiary/aromatic N) is 2. The first-order valence-electron chi connectivity index (χ1n) is 4.26. The fourth-order valence-corrected chi connectivity index (χ4v) is 1.71. The fraction of sp³-hybridized carbons (Fsp3) is 0.111. The van der Waals surface area contributed by atoms with E-state index >= 15 is 0 Å². The van der Waals surface area contributed by atoms with E-state index in [1.165, 1.54) is 0 Å². The van der Waals surface area contributed by atoms with Crippen LogP contribution in [0, 0.1) is 0 Å². The maximum Gasteiger partial charge on any atom is 0.335 e. The summed E-state index contributed by atoms with van der Waals surface area (Å²) in [5, 5.41) is 7.20. The number of hydrogen-bond acceptors (Lipinski definition) is 5. The third-order valence-corrected chi connectivity index (χ3v) is 2.83. The summed E-state index contributed by atoms with van der Waals surface area (Å²) >= 11 is 5.78. The van der Waals surface area contributed by atoms with Crippen LogP contribution in [0.1, 0.15) is 0 Å². The van der Waals surface area contributed by atoms with Gasteiger partial charge in [0.05, 0.1) is 0 Å². The van der Waals surface area contributed by atoms with E-state index in [-0.39, 0.29) is 5.89 Å². The third kappa shape index (κ3) is 2.23. The Balaban J connectivity index is 2.47. The molecular formula is C9H7ClN2O3S. The van der Waals surface area contributed by atoms with Gasteiger partial charge in [-0.2, -0.15) is 0 Å². The molecule has 0 amide bonds. The van der Waals surface area contributed by atoms with Crippen molar-refractivity contribution in [2.24, 2.45) is 0 Å². The molecule has 0 fully saturated rings. The van der Waals surface area contributed by atoms with Gasteiger partial charge in [-0.05, 0) is 18.2 Å². The Kier molecular flexibility index (Phi) is 2.69. The predicted octanol–water partition coefficient (Wildman–Crippen LogP) is 1.79. The quantitative estimate of drug-likeness (QED) is 0.821. The molecule has 1 aromatic carbocycles. The highest BCUT2D eigenvalue weighted by Crippen LogP contribution is 2.22. The molecular weight excluding hydrogens is 252 g/mol. The summed E-state index contributed by atoms with van der Waals surface area (Å²) in [7, 11) is -3.47. The molecule has 84 valence electrons. The summed E-state index contributed by atoms with van der Waals surface area (Å²) < 4.78 is 27.3. The minimum Gasteiger partial charge on any atom is -0.408 e. The maximum atomic E-state index is 11.1. The molecule has 7 heteroatoms. The van der Waals surface area contributed by atoms with E-state index in [9.17, 15) is 8.42 Å². The van der Waals surface area contributed by atoms with Crippen molar-refractivity contribution in [3.8, 4) is 11.5 Å². The highest BCUT2D eigenvalue weighted by molar-refractivity contribution is 7.90. The van der Waals surface area contributed by atoms with Crippen LogP contribution in [0.3, 0.4) is 0 Å². The summed E-state index contributed by atoms with van der Waals surface area (Å²) in [6.45, 7) is 0. The Bertz CT molecular complexity index is 621. The fourth-order valence-electron chi connectivity index (χ4n) is 1.10. The van der Waals surface area contributed by atoms with Gasteiger partial charge in [0.25, 0.3) is 0 Å². The van der Waals surface area contributed by atoms with Crippen molar-refractivity contribution in [3.63, 3.8) is 0 Å². The van der Waals surface area contributed by atoms with Crippen molar-refractivity contribution in [2.75, 3.05) is 6.26 Å². The third-order valence-electron chi connectivity index (χ3n) is 1.80. The minimum atomic E-state index is -3.47. The van der Waals surface area contributed by atoms with Crippen molar-refractivity contribution in [2.45, 2.75) is 5.22 Å². The number of aromatic nitrogens is 2. The van der Waals surface area contributed by atoms with Gasteiger partial charge in [0, 0.05) is 16.8 Å². The largest absolute Gasteiger partial charge is 0.408 e. The summed E-state index contributed by atoms with van der Waals surface area (Å²) in [6, 6.07) is 6.72. The second-order valence-electron chi connectivity index (χ2n) is 3.16. The van der Waals surface area contributed by atoms with E-state index in [2.05, 4.69) is 10.2 Å². The van der Waals surface area contributed by atoms with E-state index in [4.69, 9.17) is 16.0 Å². The number of sulfone groups is 1. The average molecular weight is 259 g/mol. The average Bonchev–Trinajstić information content (AvgIpc) is 2.65. The first kappa shape index (κ1) is 11.1. The maximum absolute atomic E-state index is 11.1. The summed E-state index contributed by atoms with van der Waals surface area (Å²) in [4.78, 5) is 0. The zero-order chi connectivity index (χ0) is 11.8. The van der Waals surface area contributed by atoms with Gasteiger partial charge in [-0.25, -0.2) is 8.42 Å². The van der Waals surface area contributed by atoms with E-state index in [0.29, 0.717) is 10.6 Å². The molecule has 0 N–H and O–H groups in total. The molecule has 0 aliphatic heterocycles. The zero-order valence-corrected chi connectivity index (χ0v) is 9.79. The van der Waals surface area contributed by atoms with E-state index in [0.717, 1.165) is 6.26 Å². The van der Waals surface area contributed by atoms with Crippen LogP contribution in [0.15, 0.2) is 33.9 Å². The summed E-state index contributed by atoms with van der Waals surface area (Å²) in [5.41, 5.74) is 0.579. The van der Waals surface area contributed by atoms with Gasteiger partial charge < -0.3 is 4.42 Å². The lowest BCUT2D eigenvalue weighted by Gasteiger charge is -1.94. The van der Waals surface area contributed by atoms with Gasteiger partial charge in [0.1, 0.15) is 0 Å². The zero-order valence-electron chi connectivity index (χ0n) is 8.21. The van der Waals surface area contributed by atoms with Gasteiger partial charge in [-0.3, -0.25) is 0 Å². The van der Waals surface area contributed by atoms with Crippen molar-refractivity contribution >= 4 is 21.4 Å². The molecule has 0 radical (unpaired) electrons. The Morgan fingerprint density at radius 3 is 2.62 bits per heavy atom. The molecule has 0 aliphatic carbocycles. The molecule has 1 aromatic heterocycles. The molecule has 1 heterocycles. The lowest BCUT2D eigenvalue weighted by atomic mass is 10.2. The molecule has 0 atom stereocenters. The van der Waals surface area contributed by atoms with Gasteiger partial charge in [-0.15, -0.1) is 5.10 Å². The van der Waals surface area contributed by atoms with Crippen LogP contribution in [0.5, 0.6) is 0 Å². The number of benzene rings is 1. The first-order chi connectivity index (χ1) is 7.47. The summed E-state index contributed by atoms with van der Waals surface area (Å²) in [5.74, 6) is 0.128. The monoisotopic (exact) mass is 258 g/mol. The van der Waals surface area contributed by atoms with E-state index in [1.54, 1.807) is 24.3 Å². The van der Waals surface area contributed by atoms with Gasteiger partial charge in [0.2, 0.25) is 15.7 Å². The predicted molar refractivity (Wildman–Crippen MR) is 57.9 cm³/mol. The molecule has 0 bridgehead atoms. The van der Waals surface area contributed by atoms with Crippen molar-refractivity contribution in [3.05, 3.63) is 29.3 Å². The molecule has 2 aromatic rings. The van der Waals surface area contributed by atoms with Crippen molar-refractivity contribution in [1.29, 1.82) is 0 Å². The van der Waals surface area contributed by atoms with Crippen LogP contribution >= 0.6 is 11.6 Å². The van der Waals surface area contributed by atoms with Crippen molar-refractivity contribution in [1.82, 2.24) is 10.2 Å². The van der Waals surface area contributed by atoms with Gasteiger partial charge in [0.15, 0.2) is 0 Å². The lowest BCUT2D eigenvalue weighted by molar-refractivity contribution is 0.442.